The summed E-state index contributed by atoms with van der Waals surface area (Å²) < 4.78 is 14.8. The molecule has 2 aromatic carbocycles. The van der Waals surface area contributed by atoms with Gasteiger partial charge in [-0.3, -0.25) is 4.79 Å². The van der Waals surface area contributed by atoms with Gasteiger partial charge in [-0.05, 0) is 43.2 Å². The molecule has 122 valence electrons. The van der Waals surface area contributed by atoms with Crippen LogP contribution >= 0.6 is 15.9 Å². The second-order valence-electron chi connectivity index (χ2n) is 5.92. The zero-order valence-electron chi connectivity index (χ0n) is 12.8. The topological polar surface area (TPSA) is 49.0 Å². The van der Waals surface area contributed by atoms with Crippen LogP contribution in [0.5, 0.6) is 0 Å². The third-order valence-electron chi connectivity index (χ3n) is 4.40. The number of imidazole rings is 1. The molecule has 6 heteroatoms. The van der Waals surface area contributed by atoms with Gasteiger partial charge in [0.25, 0.3) is 5.91 Å². The fourth-order valence-electron chi connectivity index (χ4n) is 3.24. The van der Waals surface area contributed by atoms with E-state index < -0.39 is 5.82 Å². The Bertz CT molecular complexity index is 891. The lowest BCUT2D eigenvalue weighted by atomic mass is 10.1. The molecule has 1 unspecified atom stereocenters. The molecule has 1 fully saturated rings. The quantitative estimate of drug-likeness (QED) is 0.706. The van der Waals surface area contributed by atoms with Crippen molar-refractivity contribution in [2.24, 2.45) is 0 Å². The van der Waals surface area contributed by atoms with Crippen molar-refractivity contribution in [3.05, 3.63) is 64.1 Å². The molecule has 1 aromatic heterocycles. The lowest BCUT2D eigenvalue weighted by Gasteiger charge is -2.23. The van der Waals surface area contributed by atoms with Gasteiger partial charge in [0.2, 0.25) is 0 Å². The monoisotopic (exact) mass is 387 g/mol. The van der Waals surface area contributed by atoms with Crippen LogP contribution in [0.2, 0.25) is 0 Å². The minimum Gasteiger partial charge on any atom is -0.340 e. The Morgan fingerprint density at radius 2 is 2.12 bits per heavy atom. The Hall–Kier alpha value is -2.21. The van der Waals surface area contributed by atoms with Crippen LogP contribution in [0.4, 0.5) is 4.39 Å². The number of rotatable bonds is 2. The summed E-state index contributed by atoms with van der Waals surface area (Å²) in [6.07, 6.45) is 1.70. The minimum atomic E-state index is -0.510. The highest BCUT2D eigenvalue weighted by molar-refractivity contribution is 9.10. The van der Waals surface area contributed by atoms with E-state index in [0.717, 1.165) is 29.7 Å². The predicted octanol–water partition coefficient (Wildman–Crippen LogP) is 4.44. The summed E-state index contributed by atoms with van der Waals surface area (Å²) in [4.78, 5) is 22.4. The van der Waals surface area contributed by atoms with Gasteiger partial charge in [-0.25, -0.2) is 9.37 Å². The highest BCUT2D eigenvalue weighted by atomic mass is 79.9. The average Bonchev–Trinajstić information content (AvgIpc) is 3.20. The lowest BCUT2D eigenvalue weighted by molar-refractivity contribution is 0.0726. The molecule has 1 amide bonds. The Labute approximate surface area is 146 Å². The van der Waals surface area contributed by atoms with Gasteiger partial charge in [-0.15, -0.1) is 0 Å². The number of nitrogens with zero attached hydrogens (tertiary/aromatic N) is 2. The van der Waals surface area contributed by atoms with Crippen molar-refractivity contribution in [1.82, 2.24) is 14.9 Å². The van der Waals surface area contributed by atoms with Crippen LogP contribution in [-0.2, 0) is 0 Å². The summed E-state index contributed by atoms with van der Waals surface area (Å²) in [5, 5.41) is 0. The molecular formula is C18H15BrFN3O. The van der Waals surface area contributed by atoms with Gasteiger partial charge >= 0.3 is 0 Å². The molecule has 2 heterocycles. The number of aromatic amines is 1. The summed E-state index contributed by atoms with van der Waals surface area (Å²) in [7, 11) is 0. The number of aromatic nitrogens is 2. The maximum atomic E-state index is 14.2. The Morgan fingerprint density at radius 3 is 2.92 bits per heavy atom. The number of fused-ring (bicyclic) bond motifs is 1. The third-order valence-corrected chi connectivity index (χ3v) is 4.89. The normalized spacial score (nSPS) is 17.6. The summed E-state index contributed by atoms with van der Waals surface area (Å²) in [5.41, 5.74) is 1.92. The van der Waals surface area contributed by atoms with Gasteiger partial charge in [0.05, 0.1) is 22.6 Å². The first-order chi connectivity index (χ1) is 11.6. The number of para-hydroxylation sites is 2. The maximum Gasteiger partial charge on any atom is 0.257 e. The van der Waals surface area contributed by atoms with E-state index in [1.165, 1.54) is 12.1 Å². The van der Waals surface area contributed by atoms with E-state index in [1.54, 1.807) is 11.0 Å². The number of H-pyrrole nitrogens is 1. The molecule has 4 nitrogen and oxygen atoms in total. The fourth-order valence-corrected chi connectivity index (χ4v) is 3.58. The Kier molecular flexibility index (Phi) is 3.84. The molecule has 4 rings (SSSR count). The zero-order valence-corrected chi connectivity index (χ0v) is 14.4. The van der Waals surface area contributed by atoms with Crippen LogP contribution in [0.3, 0.4) is 0 Å². The number of nitrogens with one attached hydrogen (secondary N) is 1. The summed E-state index contributed by atoms with van der Waals surface area (Å²) in [6.45, 7) is 0.607. The van der Waals surface area contributed by atoms with E-state index in [-0.39, 0.29) is 17.5 Å². The number of hydrogen-bond donors (Lipinski definition) is 1. The largest absolute Gasteiger partial charge is 0.340 e. The Balaban J connectivity index is 1.68. The number of benzene rings is 2. The number of carbonyl (C=O) groups excluding carboxylic acids is 1. The summed E-state index contributed by atoms with van der Waals surface area (Å²) >= 11 is 3.22. The number of carbonyl (C=O) groups is 1. The van der Waals surface area contributed by atoms with Crippen LogP contribution in [0.15, 0.2) is 46.9 Å². The van der Waals surface area contributed by atoms with Crippen molar-refractivity contribution in [2.45, 2.75) is 18.9 Å². The second-order valence-corrected chi connectivity index (χ2v) is 6.84. The molecule has 1 atom stereocenters. The van der Waals surface area contributed by atoms with Crippen LogP contribution in [0.1, 0.15) is 35.1 Å². The molecule has 1 saturated heterocycles. The van der Waals surface area contributed by atoms with Crippen LogP contribution in [0.25, 0.3) is 11.0 Å². The molecule has 24 heavy (non-hydrogen) atoms. The highest BCUT2D eigenvalue weighted by Gasteiger charge is 2.33. The van der Waals surface area contributed by atoms with Gasteiger partial charge in [-0.2, -0.15) is 0 Å². The van der Waals surface area contributed by atoms with E-state index >= 15 is 0 Å². The molecule has 0 saturated carbocycles. The molecule has 1 N–H and O–H groups in total. The minimum absolute atomic E-state index is 0.0983. The van der Waals surface area contributed by atoms with Crippen LogP contribution in [0, 0.1) is 5.82 Å². The van der Waals surface area contributed by atoms with Gasteiger partial charge in [0.1, 0.15) is 11.6 Å². The first-order valence-corrected chi connectivity index (χ1v) is 8.63. The van der Waals surface area contributed by atoms with Crippen molar-refractivity contribution in [3.63, 3.8) is 0 Å². The first kappa shape index (κ1) is 15.3. The van der Waals surface area contributed by atoms with Crippen molar-refractivity contribution < 1.29 is 9.18 Å². The Morgan fingerprint density at radius 1 is 1.29 bits per heavy atom. The summed E-state index contributed by atoms with van der Waals surface area (Å²) in [6, 6.07) is 12.2. The molecule has 0 spiro atoms. The van der Waals surface area contributed by atoms with E-state index in [4.69, 9.17) is 0 Å². The standard InChI is InChI=1S/C18H15BrFN3O/c19-11-7-8-12(13(20)10-11)18(24)23-9-3-6-16(23)17-21-14-4-1-2-5-15(14)22-17/h1-2,4-5,7-8,10,16H,3,6,9H2,(H,21,22). The van der Waals surface area contributed by atoms with E-state index in [0.29, 0.717) is 11.0 Å². The molecule has 3 aromatic rings. The van der Waals surface area contributed by atoms with Gasteiger partial charge in [0.15, 0.2) is 0 Å². The molecular weight excluding hydrogens is 373 g/mol. The van der Waals surface area contributed by atoms with E-state index in [9.17, 15) is 9.18 Å². The van der Waals surface area contributed by atoms with E-state index in [2.05, 4.69) is 25.9 Å². The lowest BCUT2D eigenvalue weighted by Crippen LogP contribution is -2.31. The zero-order chi connectivity index (χ0) is 16.7. The van der Waals surface area contributed by atoms with Crippen LogP contribution < -0.4 is 0 Å². The number of likely N-dealkylation sites (tertiary alicyclic amines) is 1. The maximum absolute atomic E-state index is 14.2. The van der Waals surface area contributed by atoms with Crippen molar-refractivity contribution in [2.75, 3.05) is 6.54 Å². The highest BCUT2D eigenvalue weighted by Crippen LogP contribution is 2.33. The third kappa shape index (κ3) is 2.60. The molecule has 1 aliphatic rings. The number of halogens is 2. The van der Waals surface area contributed by atoms with Crippen LogP contribution in [-0.4, -0.2) is 27.3 Å². The number of hydrogen-bond acceptors (Lipinski definition) is 2. The smallest absolute Gasteiger partial charge is 0.257 e. The second kappa shape index (κ2) is 6.02. The predicted molar refractivity (Wildman–Crippen MR) is 93.2 cm³/mol. The molecule has 0 radical (unpaired) electrons. The van der Waals surface area contributed by atoms with Crippen molar-refractivity contribution >= 4 is 32.9 Å². The first-order valence-electron chi connectivity index (χ1n) is 7.84. The van der Waals surface area contributed by atoms with Gasteiger partial charge in [0, 0.05) is 11.0 Å². The fraction of sp³-hybridized carbons (Fsp3) is 0.222. The number of amides is 1. The molecule has 0 bridgehead atoms. The molecule has 1 aliphatic heterocycles. The van der Waals surface area contributed by atoms with Crippen molar-refractivity contribution in [3.8, 4) is 0 Å². The SMILES string of the molecule is O=C(c1ccc(Br)cc1F)N1CCCC1c1nc2ccccc2[nH]1. The average molecular weight is 388 g/mol. The summed E-state index contributed by atoms with van der Waals surface area (Å²) in [5.74, 6) is -0.0350. The van der Waals surface area contributed by atoms with Gasteiger partial charge < -0.3 is 9.88 Å². The molecule has 0 aliphatic carbocycles. The van der Waals surface area contributed by atoms with Crippen molar-refractivity contribution in [1.29, 1.82) is 0 Å². The van der Waals surface area contributed by atoms with E-state index in [1.807, 2.05) is 24.3 Å². The van der Waals surface area contributed by atoms with Gasteiger partial charge in [-0.1, -0.05) is 28.1 Å².